The summed E-state index contributed by atoms with van der Waals surface area (Å²) in [6.45, 7) is 15.9. The molecule has 3 heteroatoms. The fourth-order valence-electron chi connectivity index (χ4n) is 3.51. The van der Waals surface area contributed by atoms with Gasteiger partial charge in [-0.2, -0.15) is 0 Å². The Bertz CT molecular complexity index is 746. The van der Waals surface area contributed by atoms with Crippen molar-refractivity contribution in [3.05, 3.63) is 65.4 Å². The number of benzene rings is 1. The van der Waals surface area contributed by atoms with Crippen LogP contribution >= 0.6 is 0 Å². The SMILES string of the molecule is C=C(c1ccc(CC(C)C)cc1)N1CCN(c2ncc(C)cc2C)C1. The van der Waals surface area contributed by atoms with E-state index in [4.69, 9.17) is 0 Å². The molecule has 0 spiro atoms. The predicted octanol–water partition coefficient (Wildman–Crippen LogP) is 4.65. The molecule has 1 fully saturated rings. The number of hydrogen-bond acceptors (Lipinski definition) is 3. The summed E-state index contributed by atoms with van der Waals surface area (Å²) in [5.41, 5.74) is 6.16. The number of aryl methyl sites for hydroxylation is 2. The van der Waals surface area contributed by atoms with Crippen LogP contribution in [0.15, 0.2) is 43.1 Å². The first-order valence-electron chi connectivity index (χ1n) is 9.15. The normalized spacial score (nSPS) is 14.4. The van der Waals surface area contributed by atoms with Gasteiger partial charge in [0, 0.05) is 25.0 Å². The molecule has 0 radical (unpaired) electrons. The van der Waals surface area contributed by atoms with Crippen LogP contribution in [0, 0.1) is 19.8 Å². The molecule has 0 aliphatic carbocycles. The van der Waals surface area contributed by atoms with Gasteiger partial charge in [-0.3, -0.25) is 0 Å². The smallest absolute Gasteiger partial charge is 0.132 e. The molecular weight excluding hydrogens is 306 g/mol. The standard InChI is InChI=1S/C22H29N3/c1-16(2)12-20-6-8-21(9-7-20)19(5)24-10-11-25(15-24)22-18(4)13-17(3)14-23-22/h6-9,13-14,16H,5,10-12,15H2,1-4H3. The maximum Gasteiger partial charge on any atom is 0.132 e. The molecule has 0 unspecified atom stereocenters. The minimum absolute atomic E-state index is 0.687. The van der Waals surface area contributed by atoms with Gasteiger partial charge in [0.05, 0.1) is 6.67 Å². The Morgan fingerprint density at radius 2 is 1.88 bits per heavy atom. The van der Waals surface area contributed by atoms with E-state index >= 15 is 0 Å². The van der Waals surface area contributed by atoms with Crippen molar-refractivity contribution < 1.29 is 0 Å². The molecule has 0 N–H and O–H groups in total. The highest BCUT2D eigenvalue weighted by Gasteiger charge is 2.23. The minimum Gasteiger partial charge on any atom is -0.352 e. The van der Waals surface area contributed by atoms with Crippen molar-refractivity contribution >= 4 is 11.5 Å². The van der Waals surface area contributed by atoms with Crippen molar-refractivity contribution in [3.63, 3.8) is 0 Å². The van der Waals surface area contributed by atoms with E-state index in [0.717, 1.165) is 37.7 Å². The molecule has 25 heavy (non-hydrogen) atoms. The fraction of sp³-hybridized carbons (Fsp3) is 0.409. The van der Waals surface area contributed by atoms with E-state index in [9.17, 15) is 0 Å². The van der Waals surface area contributed by atoms with Crippen LogP contribution in [0.2, 0.25) is 0 Å². The predicted molar refractivity (Wildman–Crippen MR) is 107 cm³/mol. The summed E-state index contributed by atoms with van der Waals surface area (Å²) in [5.74, 6) is 1.78. The van der Waals surface area contributed by atoms with Crippen molar-refractivity contribution in [2.24, 2.45) is 5.92 Å². The maximum atomic E-state index is 4.64. The highest BCUT2D eigenvalue weighted by Crippen LogP contribution is 2.26. The lowest BCUT2D eigenvalue weighted by Crippen LogP contribution is -2.25. The molecule has 2 heterocycles. The first kappa shape index (κ1) is 17.5. The second-order valence-corrected chi connectivity index (χ2v) is 7.56. The van der Waals surface area contributed by atoms with Gasteiger partial charge in [-0.15, -0.1) is 0 Å². The van der Waals surface area contributed by atoms with Crippen LogP contribution in [0.25, 0.3) is 5.70 Å². The molecule has 1 saturated heterocycles. The van der Waals surface area contributed by atoms with Gasteiger partial charge >= 0.3 is 0 Å². The summed E-state index contributed by atoms with van der Waals surface area (Å²) in [6, 6.07) is 11.1. The zero-order chi connectivity index (χ0) is 18.0. The van der Waals surface area contributed by atoms with E-state index in [1.54, 1.807) is 0 Å². The third-order valence-corrected chi connectivity index (χ3v) is 4.78. The molecule has 0 saturated carbocycles. The third kappa shape index (κ3) is 4.04. The monoisotopic (exact) mass is 335 g/mol. The molecule has 3 rings (SSSR count). The average molecular weight is 335 g/mol. The summed E-state index contributed by atoms with van der Waals surface area (Å²) in [7, 11) is 0. The van der Waals surface area contributed by atoms with Gasteiger partial charge in [-0.25, -0.2) is 4.98 Å². The highest BCUT2D eigenvalue weighted by atomic mass is 15.4. The summed E-state index contributed by atoms with van der Waals surface area (Å²) >= 11 is 0. The molecular formula is C22H29N3. The van der Waals surface area contributed by atoms with Crippen molar-refractivity contribution in [3.8, 4) is 0 Å². The molecule has 1 aromatic heterocycles. The van der Waals surface area contributed by atoms with E-state index < -0.39 is 0 Å². The van der Waals surface area contributed by atoms with Crippen LogP contribution in [0.3, 0.4) is 0 Å². The lowest BCUT2D eigenvalue weighted by Gasteiger charge is -2.23. The van der Waals surface area contributed by atoms with Crippen LogP contribution < -0.4 is 4.90 Å². The van der Waals surface area contributed by atoms with E-state index in [2.05, 4.69) is 79.4 Å². The maximum absolute atomic E-state index is 4.64. The molecule has 0 bridgehead atoms. The summed E-state index contributed by atoms with van der Waals surface area (Å²) in [4.78, 5) is 9.32. The van der Waals surface area contributed by atoms with E-state index in [1.807, 2.05) is 6.20 Å². The Hall–Kier alpha value is -2.29. The van der Waals surface area contributed by atoms with Gasteiger partial charge in [-0.05, 0) is 48.4 Å². The van der Waals surface area contributed by atoms with Crippen molar-refractivity contribution in [2.45, 2.75) is 34.1 Å². The van der Waals surface area contributed by atoms with Crippen LogP contribution in [0.5, 0.6) is 0 Å². The molecule has 1 aliphatic heterocycles. The lowest BCUT2D eigenvalue weighted by molar-refractivity contribution is 0.497. The lowest BCUT2D eigenvalue weighted by atomic mass is 10.0. The Balaban J connectivity index is 1.68. The Kier molecular flexibility index (Phi) is 5.12. The van der Waals surface area contributed by atoms with Gasteiger partial charge in [0.1, 0.15) is 5.82 Å². The van der Waals surface area contributed by atoms with E-state index in [0.29, 0.717) is 5.92 Å². The number of pyridine rings is 1. The van der Waals surface area contributed by atoms with Crippen molar-refractivity contribution in [1.82, 2.24) is 9.88 Å². The summed E-state index contributed by atoms with van der Waals surface area (Å²) in [6.07, 6.45) is 3.08. The van der Waals surface area contributed by atoms with Crippen LogP contribution in [0.4, 0.5) is 5.82 Å². The van der Waals surface area contributed by atoms with Crippen LogP contribution in [-0.4, -0.2) is 29.6 Å². The first-order chi connectivity index (χ1) is 11.9. The minimum atomic E-state index is 0.687. The van der Waals surface area contributed by atoms with Gasteiger partial charge in [0.25, 0.3) is 0 Å². The molecule has 0 atom stereocenters. The topological polar surface area (TPSA) is 19.4 Å². The molecule has 1 aromatic carbocycles. The van der Waals surface area contributed by atoms with Gasteiger partial charge < -0.3 is 9.80 Å². The number of aromatic nitrogens is 1. The van der Waals surface area contributed by atoms with E-state index in [-0.39, 0.29) is 0 Å². The molecule has 3 nitrogen and oxygen atoms in total. The highest BCUT2D eigenvalue weighted by molar-refractivity contribution is 5.63. The van der Waals surface area contributed by atoms with Crippen molar-refractivity contribution in [2.75, 3.05) is 24.7 Å². The second kappa shape index (κ2) is 7.30. The van der Waals surface area contributed by atoms with E-state index in [1.165, 1.54) is 22.3 Å². The Morgan fingerprint density at radius 1 is 1.16 bits per heavy atom. The van der Waals surface area contributed by atoms with Gasteiger partial charge in [-0.1, -0.05) is 50.8 Å². The first-order valence-corrected chi connectivity index (χ1v) is 9.15. The third-order valence-electron chi connectivity index (χ3n) is 4.78. The number of rotatable bonds is 5. The average Bonchev–Trinajstić information content (AvgIpc) is 3.04. The Morgan fingerprint density at radius 3 is 2.52 bits per heavy atom. The molecule has 1 aliphatic rings. The Labute approximate surface area is 152 Å². The number of hydrogen-bond donors (Lipinski definition) is 0. The quantitative estimate of drug-likeness (QED) is 0.793. The van der Waals surface area contributed by atoms with Gasteiger partial charge in [0.2, 0.25) is 0 Å². The molecule has 2 aromatic rings. The fourth-order valence-corrected chi connectivity index (χ4v) is 3.51. The second-order valence-electron chi connectivity index (χ2n) is 7.56. The largest absolute Gasteiger partial charge is 0.352 e. The summed E-state index contributed by atoms with van der Waals surface area (Å²) < 4.78 is 0. The van der Waals surface area contributed by atoms with Gasteiger partial charge in [0.15, 0.2) is 0 Å². The number of anilines is 1. The van der Waals surface area contributed by atoms with Crippen LogP contribution in [0.1, 0.15) is 36.1 Å². The zero-order valence-electron chi connectivity index (χ0n) is 15.9. The van der Waals surface area contributed by atoms with Crippen molar-refractivity contribution in [1.29, 1.82) is 0 Å². The summed E-state index contributed by atoms with van der Waals surface area (Å²) in [5, 5.41) is 0. The molecule has 0 amide bonds. The number of nitrogens with zero attached hydrogens (tertiary/aromatic N) is 3. The van der Waals surface area contributed by atoms with Crippen LogP contribution in [-0.2, 0) is 6.42 Å². The zero-order valence-corrected chi connectivity index (χ0v) is 15.9. The molecule has 132 valence electrons.